The molecule has 36 heavy (non-hydrogen) atoms. The highest BCUT2D eigenvalue weighted by Gasteiger charge is 2.49. The van der Waals surface area contributed by atoms with Crippen molar-refractivity contribution in [2.75, 3.05) is 13.1 Å². The Hall–Kier alpha value is -3.06. The van der Waals surface area contributed by atoms with Gasteiger partial charge in [0, 0.05) is 13.1 Å². The molecular formula is C30H32N2O2S2. The van der Waals surface area contributed by atoms with E-state index in [-0.39, 0.29) is 11.8 Å². The van der Waals surface area contributed by atoms with Crippen LogP contribution >= 0.6 is 22.7 Å². The molecule has 0 bridgehead atoms. The normalized spacial score (nSPS) is 15.2. The van der Waals surface area contributed by atoms with E-state index in [0.29, 0.717) is 35.6 Å². The maximum Gasteiger partial charge on any atom is 0.261 e. The average Bonchev–Trinajstić information content (AvgIpc) is 3.65. The van der Waals surface area contributed by atoms with Gasteiger partial charge in [0.1, 0.15) is 0 Å². The molecule has 2 amide bonds. The fraction of sp³-hybridized carbons (Fsp3) is 0.400. The Morgan fingerprint density at radius 1 is 0.667 bits per heavy atom. The first-order valence-corrected chi connectivity index (χ1v) is 14.4. The Bertz CT molecular complexity index is 1190. The lowest BCUT2D eigenvalue weighted by Crippen LogP contribution is -2.30. The van der Waals surface area contributed by atoms with E-state index in [1.54, 1.807) is 0 Å². The first-order chi connectivity index (χ1) is 17.5. The minimum atomic E-state index is -0.0952. The molecule has 0 atom stereocenters. The van der Waals surface area contributed by atoms with Crippen LogP contribution in [0, 0.1) is 24.7 Å². The van der Waals surface area contributed by atoms with Gasteiger partial charge in [-0.2, -0.15) is 0 Å². The van der Waals surface area contributed by atoms with Crippen molar-refractivity contribution >= 4 is 45.9 Å². The molecule has 0 aliphatic carbocycles. The number of nitrogens with zero attached hydrogens (tertiary/aromatic N) is 2. The number of rotatable bonds is 12. The van der Waals surface area contributed by atoms with Crippen molar-refractivity contribution in [3.63, 3.8) is 0 Å². The van der Waals surface area contributed by atoms with Gasteiger partial charge in [0.2, 0.25) is 0 Å². The summed E-state index contributed by atoms with van der Waals surface area (Å²) in [5.74, 6) is 5.19. The van der Waals surface area contributed by atoms with E-state index in [9.17, 15) is 9.59 Å². The van der Waals surface area contributed by atoms with Crippen molar-refractivity contribution in [3.05, 3.63) is 54.9 Å². The maximum atomic E-state index is 14.0. The predicted octanol–water partition coefficient (Wildman–Crippen LogP) is 6.74. The van der Waals surface area contributed by atoms with Gasteiger partial charge >= 0.3 is 0 Å². The number of hydrogen-bond donors (Lipinski definition) is 0. The van der Waals surface area contributed by atoms with Gasteiger partial charge < -0.3 is 9.80 Å². The molecule has 6 heteroatoms. The van der Waals surface area contributed by atoms with Crippen molar-refractivity contribution in [2.24, 2.45) is 0 Å². The van der Waals surface area contributed by atoms with E-state index in [0.717, 1.165) is 70.9 Å². The molecule has 2 aromatic heterocycles. The molecule has 4 heterocycles. The van der Waals surface area contributed by atoms with E-state index in [2.05, 4.69) is 25.7 Å². The number of hydrogen-bond acceptors (Lipinski definition) is 4. The summed E-state index contributed by atoms with van der Waals surface area (Å²) in [7, 11) is 0. The molecule has 0 saturated heterocycles. The Kier molecular flexibility index (Phi) is 8.52. The van der Waals surface area contributed by atoms with Crippen LogP contribution in [0.4, 0.5) is 0 Å². The second kappa shape index (κ2) is 11.8. The minimum absolute atomic E-state index is 0.0952. The summed E-state index contributed by atoms with van der Waals surface area (Å²) in [6.45, 7) is 5.51. The van der Waals surface area contributed by atoms with Crippen molar-refractivity contribution in [1.82, 2.24) is 9.80 Å². The first kappa shape index (κ1) is 26.0. The van der Waals surface area contributed by atoms with E-state index in [1.807, 2.05) is 34.1 Å². The molecule has 0 spiro atoms. The molecule has 0 unspecified atom stereocenters. The molecule has 0 aromatic carbocycles. The number of amides is 2. The van der Waals surface area contributed by atoms with Gasteiger partial charge in [-0.25, -0.2) is 0 Å². The molecule has 2 aliphatic heterocycles. The third kappa shape index (κ3) is 4.94. The molecule has 0 N–H and O–H groups in total. The van der Waals surface area contributed by atoms with Crippen LogP contribution in [0.15, 0.2) is 35.4 Å². The highest BCUT2D eigenvalue weighted by Crippen LogP contribution is 2.48. The van der Waals surface area contributed by atoms with Crippen LogP contribution in [-0.4, -0.2) is 34.7 Å². The summed E-state index contributed by atoms with van der Waals surface area (Å²) in [5.41, 5.74) is 2.46. The zero-order valence-corrected chi connectivity index (χ0v) is 22.7. The van der Waals surface area contributed by atoms with E-state index in [4.69, 9.17) is 12.8 Å². The van der Waals surface area contributed by atoms with Gasteiger partial charge in [-0.05, 0) is 37.1 Å². The summed E-state index contributed by atoms with van der Waals surface area (Å²) >= 11 is 2.91. The third-order valence-corrected chi connectivity index (χ3v) is 8.66. The van der Waals surface area contributed by atoms with Crippen molar-refractivity contribution in [1.29, 1.82) is 0 Å². The zero-order valence-electron chi connectivity index (χ0n) is 21.1. The number of thiophene rings is 2. The highest BCUT2D eigenvalue weighted by molar-refractivity contribution is 7.14. The number of carbonyl (C=O) groups is 2. The maximum absolute atomic E-state index is 14.0. The Morgan fingerprint density at radius 2 is 1.08 bits per heavy atom. The SMILES string of the molecule is C#Cc1ccc(C2=C3C(=O)N(CCCCCC)C(c4ccc(C#C)s4)=C3C(=O)N2CCCCCC)s1. The monoisotopic (exact) mass is 516 g/mol. The number of unbranched alkanes of at least 4 members (excludes halogenated alkanes) is 6. The zero-order chi connectivity index (χ0) is 25.7. The van der Waals surface area contributed by atoms with Crippen LogP contribution < -0.4 is 0 Å². The molecule has 0 radical (unpaired) electrons. The first-order valence-electron chi connectivity index (χ1n) is 12.8. The van der Waals surface area contributed by atoms with E-state index >= 15 is 0 Å². The topological polar surface area (TPSA) is 40.6 Å². The van der Waals surface area contributed by atoms with Gasteiger partial charge in [0.25, 0.3) is 11.8 Å². The van der Waals surface area contributed by atoms with Crippen molar-refractivity contribution in [2.45, 2.75) is 65.2 Å². The lowest BCUT2D eigenvalue weighted by Gasteiger charge is -2.24. The lowest BCUT2D eigenvalue weighted by molar-refractivity contribution is -0.124. The molecule has 186 valence electrons. The summed E-state index contributed by atoms with van der Waals surface area (Å²) < 4.78 is 0. The van der Waals surface area contributed by atoms with Crippen LogP contribution in [0.1, 0.15) is 84.7 Å². The standard InChI is InChI=1S/C30H32N2O2S2/c1-5-9-11-13-19-31-27(23-17-15-21(7-3)35-23)25-26(29(31)33)28(24-18-16-22(8-4)36-24)32(30(25)34)20-14-12-10-6-2/h3-4,15-18H,5-6,9-14,19-20H2,1-2H3. The third-order valence-electron chi connectivity index (χ3n) is 6.62. The second-order valence-corrected chi connectivity index (χ2v) is 11.3. The quantitative estimate of drug-likeness (QED) is 0.232. The average molecular weight is 517 g/mol. The fourth-order valence-electron chi connectivity index (χ4n) is 4.81. The molecule has 0 saturated carbocycles. The Labute approximate surface area is 222 Å². The number of carbonyl (C=O) groups excluding carboxylic acids is 2. The lowest BCUT2D eigenvalue weighted by atomic mass is 10.1. The molecule has 4 nitrogen and oxygen atoms in total. The summed E-state index contributed by atoms with van der Waals surface area (Å²) in [6, 6.07) is 7.65. The largest absolute Gasteiger partial charge is 0.306 e. The van der Waals surface area contributed by atoms with Gasteiger partial charge in [-0.15, -0.1) is 35.5 Å². The van der Waals surface area contributed by atoms with Gasteiger partial charge in [-0.1, -0.05) is 64.2 Å². The van der Waals surface area contributed by atoms with Crippen LogP contribution in [0.5, 0.6) is 0 Å². The van der Waals surface area contributed by atoms with E-state index in [1.165, 1.54) is 22.7 Å². The van der Waals surface area contributed by atoms with Crippen molar-refractivity contribution < 1.29 is 9.59 Å². The molecule has 0 fully saturated rings. The fourth-order valence-corrected chi connectivity index (χ4v) is 6.57. The van der Waals surface area contributed by atoms with Gasteiger partial charge in [0.05, 0.1) is 42.0 Å². The van der Waals surface area contributed by atoms with Crippen LogP contribution in [0.3, 0.4) is 0 Å². The summed E-state index contributed by atoms with van der Waals surface area (Å²) in [4.78, 5) is 35.0. The smallest absolute Gasteiger partial charge is 0.261 e. The number of terminal acetylenes is 2. The molecule has 2 aliphatic rings. The van der Waals surface area contributed by atoms with Crippen LogP contribution in [-0.2, 0) is 9.59 Å². The molecular weight excluding hydrogens is 484 g/mol. The summed E-state index contributed by atoms with van der Waals surface area (Å²) in [5, 5.41) is 0. The van der Waals surface area contributed by atoms with Crippen LogP contribution in [0.25, 0.3) is 11.4 Å². The predicted molar refractivity (Wildman–Crippen MR) is 150 cm³/mol. The number of fused-ring (bicyclic) bond motifs is 1. The highest BCUT2D eigenvalue weighted by atomic mass is 32.1. The Morgan fingerprint density at radius 3 is 1.42 bits per heavy atom. The summed E-state index contributed by atoms with van der Waals surface area (Å²) in [6.07, 6.45) is 19.7. The van der Waals surface area contributed by atoms with E-state index < -0.39 is 0 Å². The molecule has 2 aromatic rings. The van der Waals surface area contributed by atoms with Gasteiger partial charge in [-0.3, -0.25) is 9.59 Å². The molecule has 4 rings (SSSR count). The second-order valence-electron chi connectivity index (χ2n) is 9.10. The van der Waals surface area contributed by atoms with Gasteiger partial charge in [0.15, 0.2) is 0 Å². The van der Waals surface area contributed by atoms with Crippen molar-refractivity contribution in [3.8, 4) is 24.7 Å². The Balaban J connectivity index is 1.83. The minimum Gasteiger partial charge on any atom is -0.306 e. The van der Waals surface area contributed by atoms with Crippen LogP contribution in [0.2, 0.25) is 0 Å².